The van der Waals surface area contributed by atoms with Crippen molar-refractivity contribution in [1.29, 1.82) is 0 Å². The summed E-state index contributed by atoms with van der Waals surface area (Å²) in [4.78, 5) is 39.0. The van der Waals surface area contributed by atoms with Crippen molar-refractivity contribution in [1.82, 2.24) is 15.5 Å². The van der Waals surface area contributed by atoms with Crippen LogP contribution in [0.5, 0.6) is 0 Å². The molecule has 3 amide bonds. The summed E-state index contributed by atoms with van der Waals surface area (Å²) in [5.74, 6) is -0.707. The molecule has 0 unspecified atom stereocenters. The highest BCUT2D eigenvalue weighted by atomic mass is 16.5. The minimum Gasteiger partial charge on any atom is -0.460 e. The van der Waals surface area contributed by atoms with Crippen LogP contribution in [-0.2, 0) is 9.53 Å². The Hall–Kier alpha value is -2.41. The van der Waals surface area contributed by atoms with E-state index in [1.165, 1.54) is 4.90 Å². The first-order chi connectivity index (χ1) is 12.9. The first kappa shape index (κ1) is 20.3. The monoisotopic (exact) mass is 387 g/mol. The smallest absolute Gasteiger partial charge is 0.338 e. The van der Waals surface area contributed by atoms with Gasteiger partial charge in [-0.1, -0.05) is 17.7 Å². The van der Waals surface area contributed by atoms with Gasteiger partial charge < -0.3 is 15.4 Å². The molecule has 1 aromatic carbocycles. The zero-order valence-electron chi connectivity index (χ0n) is 17.2. The van der Waals surface area contributed by atoms with Crippen LogP contribution in [0, 0.1) is 6.92 Å². The summed E-state index contributed by atoms with van der Waals surface area (Å²) >= 11 is 0. The van der Waals surface area contributed by atoms with Gasteiger partial charge in [-0.2, -0.15) is 0 Å². The second-order valence-electron chi connectivity index (χ2n) is 9.22. The topological polar surface area (TPSA) is 87.7 Å². The summed E-state index contributed by atoms with van der Waals surface area (Å²) in [5.41, 5.74) is -0.0934. The van der Waals surface area contributed by atoms with Crippen molar-refractivity contribution in [3.05, 3.63) is 35.4 Å². The van der Waals surface area contributed by atoms with Gasteiger partial charge in [0.25, 0.3) is 5.91 Å². The van der Waals surface area contributed by atoms with E-state index in [0.29, 0.717) is 18.4 Å². The van der Waals surface area contributed by atoms with Gasteiger partial charge in [0.2, 0.25) is 0 Å². The predicted molar refractivity (Wildman–Crippen MR) is 105 cm³/mol. The summed E-state index contributed by atoms with van der Waals surface area (Å²) in [6.45, 7) is 10.0. The van der Waals surface area contributed by atoms with E-state index < -0.39 is 17.5 Å². The van der Waals surface area contributed by atoms with Crippen LogP contribution in [0.3, 0.4) is 0 Å². The molecule has 2 aliphatic heterocycles. The Kier molecular flexibility index (Phi) is 5.00. The Balaban J connectivity index is 1.65. The number of carbonyl (C=O) groups excluding carboxylic acids is 3. The Morgan fingerprint density at radius 2 is 1.79 bits per heavy atom. The number of esters is 1. The molecule has 3 rings (SSSR count). The molecule has 0 aromatic heterocycles. The zero-order valence-corrected chi connectivity index (χ0v) is 17.2. The number of nitrogens with zero attached hydrogens (tertiary/aromatic N) is 1. The molecule has 2 N–H and O–H groups in total. The maximum atomic E-state index is 13.1. The lowest BCUT2D eigenvalue weighted by Crippen LogP contribution is -2.68. The number of imide groups is 1. The number of hydrogen-bond acceptors (Lipinski definition) is 5. The molecule has 2 fully saturated rings. The Morgan fingerprint density at radius 3 is 2.39 bits per heavy atom. The van der Waals surface area contributed by atoms with E-state index in [2.05, 4.69) is 10.6 Å². The predicted octanol–water partition coefficient (Wildman–Crippen LogP) is 2.38. The number of carbonyl (C=O) groups is 3. The highest BCUT2D eigenvalue weighted by Gasteiger charge is 2.58. The van der Waals surface area contributed by atoms with E-state index in [0.717, 1.165) is 5.56 Å². The van der Waals surface area contributed by atoms with Gasteiger partial charge in [0.1, 0.15) is 12.1 Å². The second-order valence-corrected chi connectivity index (χ2v) is 9.22. The van der Waals surface area contributed by atoms with E-state index in [-0.39, 0.29) is 30.1 Å². The maximum absolute atomic E-state index is 13.1. The lowest BCUT2D eigenvalue weighted by atomic mass is 9.71. The number of piperidine rings is 1. The molecule has 2 heterocycles. The highest BCUT2D eigenvalue weighted by molar-refractivity contribution is 6.07. The van der Waals surface area contributed by atoms with Crippen LogP contribution >= 0.6 is 0 Å². The van der Waals surface area contributed by atoms with Crippen molar-refractivity contribution in [2.75, 3.05) is 13.2 Å². The van der Waals surface area contributed by atoms with Gasteiger partial charge in [0.15, 0.2) is 0 Å². The molecule has 7 nitrogen and oxygen atoms in total. The molecule has 28 heavy (non-hydrogen) atoms. The van der Waals surface area contributed by atoms with Gasteiger partial charge >= 0.3 is 12.0 Å². The van der Waals surface area contributed by atoms with Crippen LogP contribution in [0.2, 0.25) is 0 Å². The lowest BCUT2D eigenvalue weighted by molar-refractivity contribution is -0.135. The molecule has 2 saturated heterocycles. The number of nitrogens with one attached hydrogen (secondary N) is 2. The summed E-state index contributed by atoms with van der Waals surface area (Å²) < 4.78 is 5.27. The molecule has 1 aromatic rings. The number of urea groups is 1. The molecule has 0 bridgehead atoms. The maximum Gasteiger partial charge on any atom is 0.338 e. The standard InChI is InChI=1S/C21H29N3O4/c1-14-7-6-8-15(11-14)16(25)28-10-9-24-17(26)21(22-18(24)27)12-19(2,3)23-20(4,5)13-21/h6-8,11,23H,9-10,12-13H2,1-5H3,(H,22,27). The largest absolute Gasteiger partial charge is 0.460 e. The van der Waals surface area contributed by atoms with Crippen molar-refractivity contribution in [3.63, 3.8) is 0 Å². The van der Waals surface area contributed by atoms with Gasteiger partial charge in [-0.15, -0.1) is 0 Å². The van der Waals surface area contributed by atoms with Crippen molar-refractivity contribution < 1.29 is 19.1 Å². The minimum atomic E-state index is -0.921. The number of rotatable bonds is 4. The van der Waals surface area contributed by atoms with Crippen molar-refractivity contribution in [2.45, 2.75) is 64.1 Å². The molecule has 0 saturated carbocycles. The number of ether oxygens (including phenoxy) is 1. The Bertz CT molecular complexity index is 800. The van der Waals surface area contributed by atoms with E-state index >= 15 is 0 Å². The van der Waals surface area contributed by atoms with E-state index in [1.54, 1.807) is 18.2 Å². The third kappa shape index (κ3) is 4.04. The Morgan fingerprint density at radius 1 is 1.14 bits per heavy atom. The van der Waals surface area contributed by atoms with Crippen LogP contribution in [0.1, 0.15) is 56.5 Å². The first-order valence-corrected chi connectivity index (χ1v) is 9.60. The van der Waals surface area contributed by atoms with Crippen LogP contribution in [0.25, 0.3) is 0 Å². The van der Waals surface area contributed by atoms with Crippen LogP contribution in [0.4, 0.5) is 4.79 Å². The molecule has 1 spiro atoms. The van der Waals surface area contributed by atoms with Crippen molar-refractivity contribution >= 4 is 17.9 Å². The molecule has 0 radical (unpaired) electrons. The highest BCUT2D eigenvalue weighted by Crippen LogP contribution is 2.39. The number of benzene rings is 1. The average Bonchev–Trinajstić information content (AvgIpc) is 2.74. The van der Waals surface area contributed by atoms with Gasteiger partial charge in [0, 0.05) is 11.1 Å². The first-order valence-electron chi connectivity index (χ1n) is 9.60. The lowest BCUT2D eigenvalue weighted by Gasteiger charge is -2.50. The molecule has 2 aliphatic rings. The normalized spacial score (nSPS) is 22.2. The number of amides is 3. The summed E-state index contributed by atoms with van der Waals surface area (Å²) in [6.07, 6.45) is 1.02. The van der Waals surface area contributed by atoms with Gasteiger partial charge in [-0.3, -0.25) is 9.69 Å². The molecule has 152 valence electrons. The average molecular weight is 387 g/mol. The molecule has 0 atom stereocenters. The third-order valence-corrected chi connectivity index (χ3v) is 5.21. The van der Waals surface area contributed by atoms with E-state index in [1.807, 2.05) is 40.7 Å². The number of hydrogen-bond donors (Lipinski definition) is 2. The SMILES string of the molecule is Cc1cccc(C(=O)OCCN2C(=O)NC3(CC(C)(C)NC(C)(C)C3)C2=O)c1. The quantitative estimate of drug-likeness (QED) is 0.612. The fourth-order valence-electron chi connectivity index (χ4n) is 4.78. The van der Waals surface area contributed by atoms with Crippen LogP contribution in [0.15, 0.2) is 24.3 Å². The summed E-state index contributed by atoms with van der Waals surface area (Å²) in [5, 5.41) is 6.44. The zero-order chi connectivity index (χ0) is 20.7. The fourth-order valence-corrected chi connectivity index (χ4v) is 4.78. The summed E-state index contributed by atoms with van der Waals surface area (Å²) in [7, 11) is 0. The Labute approximate surface area is 165 Å². The molecular formula is C21H29N3O4. The van der Waals surface area contributed by atoms with Gasteiger partial charge in [-0.05, 0) is 59.6 Å². The summed E-state index contributed by atoms with van der Waals surface area (Å²) in [6, 6.07) is 6.67. The van der Waals surface area contributed by atoms with Crippen molar-refractivity contribution in [2.24, 2.45) is 0 Å². The van der Waals surface area contributed by atoms with Crippen LogP contribution < -0.4 is 10.6 Å². The van der Waals surface area contributed by atoms with E-state index in [4.69, 9.17) is 4.74 Å². The van der Waals surface area contributed by atoms with Crippen molar-refractivity contribution in [3.8, 4) is 0 Å². The molecule has 7 heteroatoms. The number of aryl methyl sites for hydroxylation is 1. The molecule has 0 aliphatic carbocycles. The second kappa shape index (κ2) is 6.88. The molecular weight excluding hydrogens is 358 g/mol. The minimum absolute atomic E-state index is 0.0347. The third-order valence-electron chi connectivity index (χ3n) is 5.21. The van der Waals surface area contributed by atoms with Crippen LogP contribution in [-0.4, -0.2) is 52.6 Å². The van der Waals surface area contributed by atoms with Gasteiger partial charge in [0.05, 0.1) is 12.1 Å². The van der Waals surface area contributed by atoms with E-state index in [9.17, 15) is 14.4 Å². The van der Waals surface area contributed by atoms with Gasteiger partial charge in [-0.25, -0.2) is 9.59 Å². The fraction of sp³-hybridized carbons (Fsp3) is 0.571.